The van der Waals surface area contributed by atoms with Crippen LogP contribution in [0.5, 0.6) is 0 Å². The maximum Gasteiger partial charge on any atom is 0.416 e. The summed E-state index contributed by atoms with van der Waals surface area (Å²) in [5, 5.41) is 7.76. The molecule has 0 saturated heterocycles. The van der Waals surface area contributed by atoms with Crippen molar-refractivity contribution >= 4 is 56.2 Å². The largest absolute Gasteiger partial charge is 0.416 e. The number of thioether (sulfide) groups is 1. The van der Waals surface area contributed by atoms with E-state index in [-0.39, 0.29) is 27.1 Å². The molecule has 0 atom stereocenters. The van der Waals surface area contributed by atoms with Gasteiger partial charge in [-0.1, -0.05) is 48.2 Å². The Kier molecular flexibility index (Phi) is 7.71. The number of halogens is 3. The van der Waals surface area contributed by atoms with E-state index < -0.39 is 33.6 Å². The summed E-state index contributed by atoms with van der Waals surface area (Å²) >= 11 is 0.914. The lowest BCUT2D eigenvalue weighted by molar-refractivity contribution is -0.137. The molecule has 0 aliphatic carbocycles. The van der Waals surface area contributed by atoms with E-state index in [0.29, 0.717) is 11.4 Å². The van der Waals surface area contributed by atoms with Crippen molar-refractivity contribution in [3.05, 3.63) is 95.7 Å². The molecule has 1 aliphatic heterocycles. The van der Waals surface area contributed by atoms with E-state index in [2.05, 4.69) is 10.3 Å². The highest BCUT2D eigenvalue weighted by Gasteiger charge is 2.35. The smallest absolute Gasteiger partial charge is 0.325 e. The van der Waals surface area contributed by atoms with E-state index >= 15 is 0 Å². The average Bonchev–Trinajstić information content (AvgIpc) is 3.17. The van der Waals surface area contributed by atoms with Gasteiger partial charge >= 0.3 is 6.18 Å². The van der Waals surface area contributed by atoms with E-state index in [4.69, 9.17) is 5.14 Å². The summed E-state index contributed by atoms with van der Waals surface area (Å²) in [5.41, 5.74) is -0.596. The van der Waals surface area contributed by atoms with Crippen molar-refractivity contribution in [3.8, 4) is 0 Å². The number of nitrogens with one attached hydrogen (secondary N) is 1. The normalized spacial score (nSPS) is 15.1. The van der Waals surface area contributed by atoms with Gasteiger partial charge in [-0.15, -0.1) is 0 Å². The fraction of sp³-hybridized carbons (Fsp3) is 0.0800. The number of carbonyl (C=O) groups excluding carboxylic acids is 2. The first-order chi connectivity index (χ1) is 17.9. The van der Waals surface area contributed by atoms with Crippen LogP contribution in [0.1, 0.15) is 11.1 Å². The number of para-hydroxylation sites is 1. The van der Waals surface area contributed by atoms with E-state index in [1.54, 1.807) is 30.3 Å². The molecule has 0 radical (unpaired) electrons. The Hall–Kier alpha value is -3.94. The summed E-state index contributed by atoms with van der Waals surface area (Å²) in [7, 11) is -3.88. The summed E-state index contributed by atoms with van der Waals surface area (Å²) in [5.74, 6) is -1.32. The number of hydrogen-bond acceptors (Lipinski definition) is 6. The van der Waals surface area contributed by atoms with Crippen LogP contribution in [0, 0.1) is 0 Å². The number of amidine groups is 1. The molecule has 196 valence electrons. The second-order valence-corrected chi connectivity index (χ2v) is 10.4. The first-order valence-electron chi connectivity index (χ1n) is 10.8. The number of benzene rings is 3. The van der Waals surface area contributed by atoms with E-state index in [1.165, 1.54) is 47.4 Å². The van der Waals surface area contributed by atoms with Crippen LogP contribution in [0.25, 0.3) is 6.08 Å². The van der Waals surface area contributed by atoms with Crippen LogP contribution in [-0.2, 0) is 25.8 Å². The third-order valence-electron chi connectivity index (χ3n) is 5.20. The predicted molar refractivity (Wildman–Crippen MR) is 140 cm³/mol. The first kappa shape index (κ1) is 27.1. The minimum atomic E-state index is -4.62. The van der Waals surface area contributed by atoms with Gasteiger partial charge in [-0.3, -0.25) is 14.5 Å². The van der Waals surface area contributed by atoms with E-state index in [9.17, 15) is 31.2 Å². The predicted octanol–water partition coefficient (Wildman–Crippen LogP) is 4.47. The molecular weight excluding hydrogens is 541 g/mol. The molecule has 3 aromatic carbocycles. The Bertz CT molecular complexity index is 1540. The summed E-state index contributed by atoms with van der Waals surface area (Å²) < 4.78 is 63.1. The number of primary sulfonamides is 1. The fourth-order valence-electron chi connectivity index (χ4n) is 3.48. The van der Waals surface area contributed by atoms with Crippen LogP contribution >= 0.6 is 11.8 Å². The lowest BCUT2D eigenvalue weighted by Crippen LogP contribution is -2.31. The molecule has 4 rings (SSSR count). The quantitative estimate of drug-likeness (QED) is 0.431. The molecule has 0 spiro atoms. The van der Waals surface area contributed by atoms with Gasteiger partial charge in [0.25, 0.3) is 5.91 Å². The molecular formula is C25H19F3N4O4S2. The highest BCUT2D eigenvalue weighted by Crippen LogP contribution is 2.35. The first-order valence-corrected chi connectivity index (χ1v) is 13.4. The molecule has 3 N–H and O–H groups in total. The zero-order valence-electron chi connectivity index (χ0n) is 19.3. The van der Waals surface area contributed by atoms with Crippen LogP contribution in [-0.4, -0.2) is 31.2 Å². The van der Waals surface area contributed by atoms with Gasteiger partial charge in [0, 0.05) is 5.69 Å². The Balaban J connectivity index is 1.57. The average molecular weight is 561 g/mol. The standard InChI is InChI=1S/C25H19F3N4O4S2/c26-25(27,28)20-9-5-4-6-16(20)14-21-23(34)32(18-7-2-1-3-8-18)24(31-21)37-15-22(33)30-17-10-12-19(13-11-17)38(29,35)36/h1-14H,15H2,(H,30,33)(H2,29,35,36)/b21-14-. The van der Waals surface area contributed by atoms with Gasteiger partial charge in [-0.2, -0.15) is 13.2 Å². The summed E-state index contributed by atoms with van der Waals surface area (Å²) in [6, 6.07) is 18.4. The van der Waals surface area contributed by atoms with E-state index in [1.807, 2.05) is 0 Å². The maximum atomic E-state index is 13.5. The molecule has 8 nitrogen and oxygen atoms in total. The lowest BCUT2D eigenvalue weighted by atomic mass is 10.1. The minimum absolute atomic E-state index is 0.108. The van der Waals surface area contributed by atoms with Crippen molar-refractivity contribution in [2.75, 3.05) is 16.0 Å². The van der Waals surface area contributed by atoms with Crippen LogP contribution in [0.4, 0.5) is 24.5 Å². The van der Waals surface area contributed by atoms with Crippen LogP contribution < -0.4 is 15.4 Å². The van der Waals surface area contributed by atoms with Gasteiger partial charge in [0.1, 0.15) is 5.70 Å². The second kappa shape index (κ2) is 10.8. The lowest BCUT2D eigenvalue weighted by Gasteiger charge is -2.17. The van der Waals surface area contributed by atoms with Crippen molar-refractivity contribution in [2.45, 2.75) is 11.1 Å². The Labute approximate surface area is 220 Å². The van der Waals surface area contributed by atoms with Crippen molar-refractivity contribution in [1.29, 1.82) is 0 Å². The number of anilines is 2. The molecule has 0 bridgehead atoms. The molecule has 0 saturated carbocycles. The molecule has 38 heavy (non-hydrogen) atoms. The number of aliphatic imine (C=N–C) groups is 1. The molecule has 0 unspecified atom stereocenters. The van der Waals surface area contributed by atoms with Crippen molar-refractivity contribution < 1.29 is 31.2 Å². The van der Waals surface area contributed by atoms with Gasteiger partial charge in [-0.05, 0) is 54.1 Å². The topological polar surface area (TPSA) is 122 Å². The second-order valence-electron chi connectivity index (χ2n) is 7.89. The fourth-order valence-corrected chi connectivity index (χ4v) is 4.81. The number of sulfonamides is 1. The summed E-state index contributed by atoms with van der Waals surface area (Å²) in [6.07, 6.45) is -3.55. The van der Waals surface area contributed by atoms with Gasteiger partial charge in [-0.25, -0.2) is 18.5 Å². The zero-order chi connectivity index (χ0) is 27.5. The number of alkyl halides is 3. The monoisotopic (exact) mass is 560 g/mol. The van der Waals surface area contributed by atoms with Crippen LogP contribution in [0.2, 0.25) is 0 Å². The van der Waals surface area contributed by atoms with Gasteiger partial charge in [0.2, 0.25) is 15.9 Å². The minimum Gasteiger partial charge on any atom is -0.325 e. The van der Waals surface area contributed by atoms with Crippen LogP contribution in [0.15, 0.2) is 94.4 Å². The number of hydrogen-bond donors (Lipinski definition) is 2. The molecule has 2 amide bonds. The zero-order valence-corrected chi connectivity index (χ0v) is 21.0. The SMILES string of the molecule is NS(=O)(=O)c1ccc(NC(=O)CSC2=N/C(=C\c3ccccc3C(F)(F)F)C(=O)N2c2ccccc2)cc1. The number of nitrogens with zero attached hydrogens (tertiary/aromatic N) is 2. The van der Waals surface area contributed by atoms with Crippen molar-refractivity contribution in [2.24, 2.45) is 10.1 Å². The molecule has 0 aromatic heterocycles. The maximum absolute atomic E-state index is 13.5. The molecule has 13 heteroatoms. The third-order valence-corrected chi connectivity index (χ3v) is 7.07. The molecule has 3 aromatic rings. The third kappa shape index (κ3) is 6.30. The number of nitrogens with two attached hydrogens (primary N) is 1. The molecule has 0 fully saturated rings. The van der Waals surface area contributed by atoms with Gasteiger partial charge in [0.05, 0.1) is 21.9 Å². The highest BCUT2D eigenvalue weighted by atomic mass is 32.2. The number of rotatable bonds is 6. The van der Waals surface area contributed by atoms with Crippen LogP contribution in [0.3, 0.4) is 0 Å². The van der Waals surface area contributed by atoms with Gasteiger partial charge < -0.3 is 5.32 Å². The van der Waals surface area contributed by atoms with Gasteiger partial charge in [0.15, 0.2) is 5.17 Å². The van der Waals surface area contributed by atoms with Crippen molar-refractivity contribution in [1.82, 2.24) is 0 Å². The Morgan fingerprint density at radius 3 is 2.26 bits per heavy atom. The highest BCUT2D eigenvalue weighted by molar-refractivity contribution is 8.14. The Morgan fingerprint density at radius 2 is 1.63 bits per heavy atom. The number of amides is 2. The Morgan fingerprint density at radius 1 is 1.00 bits per heavy atom. The molecule has 1 aliphatic rings. The molecule has 1 heterocycles. The van der Waals surface area contributed by atoms with E-state index in [0.717, 1.165) is 23.9 Å². The van der Waals surface area contributed by atoms with Crippen molar-refractivity contribution in [3.63, 3.8) is 0 Å². The number of carbonyl (C=O) groups is 2. The summed E-state index contributed by atoms with van der Waals surface area (Å²) in [6.45, 7) is 0. The summed E-state index contributed by atoms with van der Waals surface area (Å²) in [4.78, 5) is 31.1.